The van der Waals surface area contributed by atoms with Crippen LogP contribution in [0.2, 0.25) is 0 Å². The number of benzene rings is 1. The highest BCUT2D eigenvalue weighted by atomic mass is 16.1. The lowest BCUT2D eigenvalue weighted by molar-refractivity contribution is 1.17. The fourth-order valence-corrected chi connectivity index (χ4v) is 3.28. The molecule has 0 aliphatic carbocycles. The van der Waals surface area contributed by atoms with Crippen molar-refractivity contribution in [1.82, 2.24) is 19.4 Å². The molecule has 5 aromatic rings. The Hall–Kier alpha value is -3.47. The second-order valence-electron chi connectivity index (χ2n) is 5.66. The predicted molar refractivity (Wildman–Crippen MR) is 93.8 cm³/mol. The number of fused-ring (bicyclic) bond motifs is 5. The van der Waals surface area contributed by atoms with E-state index >= 15 is 0 Å². The first kappa shape index (κ1) is 13.0. The van der Waals surface area contributed by atoms with Crippen molar-refractivity contribution in [3.8, 4) is 0 Å². The van der Waals surface area contributed by atoms with E-state index in [4.69, 9.17) is 0 Å². The first-order valence-electron chi connectivity index (χ1n) is 7.65. The van der Waals surface area contributed by atoms with E-state index in [9.17, 15) is 4.79 Å². The van der Waals surface area contributed by atoms with E-state index in [1.54, 1.807) is 12.4 Å². The molecular formula is C19H12N4O. The van der Waals surface area contributed by atoms with Crippen molar-refractivity contribution in [2.24, 2.45) is 0 Å². The van der Waals surface area contributed by atoms with Gasteiger partial charge in [-0.15, -0.1) is 0 Å². The summed E-state index contributed by atoms with van der Waals surface area (Å²) in [5.41, 5.74) is 2.84. The largest absolute Gasteiger partial charge is 0.317 e. The maximum absolute atomic E-state index is 12.3. The molecular weight excluding hydrogens is 300 g/mol. The predicted octanol–water partition coefficient (Wildman–Crippen LogP) is 2.27. The molecule has 0 amide bonds. The molecule has 5 nitrogen and oxygen atoms in total. The van der Waals surface area contributed by atoms with Gasteiger partial charge in [-0.05, 0) is 23.6 Å². The Morgan fingerprint density at radius 1 is 0.958 bits per heavy atom. The van der Waals surface area contributed by atoms with Gasteiger partial charge in [0.25, 0.3) is 5.56 Å². The number of rotatable bonds is 1. The summed E-state index contributed by atoms with van der Waals surface area (Å²) in [6.45, 7) is 0. The van der Waals surface area contributed by atoms with E-state index in [0.717, 1.165) is 32.7 Å². The first-order valence-corrected chi connectivity index (χ1v) is 7.65. The monoisotopic (exact) mass is 312 g/mol. The van der Waals surface area contributed by atoms with E-state index in [1.165, 1.54) is 0 Å². The summed E-state index contributed by atoms with van der Waals surface area (Å²) in [6, 6.07) is 13.9. The smallest absolute Gasteiger partial charge is 0.292 e. The lowest BCUT2D eigenvalue weighted by atomic mass is 10.2. The summed E-state index contributed by atoms with van der Waals surface area (Å²) >= 11 is 0. The quantitative estimate of drug-likeness (QED) is 0.516. The highest BCUT2D eigenvalue weighted by molar-refractivity contribution is 6.09. The van der Waals surface area contributed by atoms with Crippen molar-refractivity contribution < 1.29 is 0 Å². The van der Waals surface area contributed by atoms with Gasteiger partial charge in [0.1, 0.15) is 0 Å². The summed E-state index contributed by atoms with van der Waals surface area (Å²) in [5, 5.41) is 3.12. The molecule has 0 saturated carbocycles. The first-order chi connectivity index (χ1) is 11.8. The molecule has 0 bridgehead atoms. The van der Waals surface area contributed by atoms with Crippen molar-refractivity contribution in [3.63, 3.8) is 0 Å². The number of aromatic amines is 1. The van der Waals surface area contributed by atoms with Crippen molar-refractivity contribution in [3.05, 3.63) is 82.3 Å². The average molecular weight is 312 g/mol. The van der Waals surface area contributed by atoms with Crippen LogP contribution in [-0.4, -0.2) is 19.4 Å². The van der Waals surface area contributed by atoms with Crippen molar-refractivity contribution in [2.45, 2.75) is 0 Å². The van der Waals surface area contributed by atoms with Crippen LogP contribution in [0.5, 0.6) is 0 Å². The number of H-pyrrole nitrogens is 1. The Balaban J connectivity index is 2.10. The number of hydrogen-bond donors (Lipinski definition) is 1. The molecule has 5 rings (SSSR count). The molecule has 0 unspecified atom stereocenters. The van der Waals surface area contributed by atoms with Crippen LogP contribution >= 0.6 is 0 Å². The zero-order chi connectivity index (χ0) is 16.1. The molecule has 2 aromatic carbocycles. The third-order valence-corrected chi connectivity index (χ3v) is 4.28. The fraction of sp³-hybridized carbons (Fsp3) is 0. The number of nitrogens with one attached hydrogen (secondary N) is 1. The maximum atomic E-state index is 12.3. The van der Waals surface area contributed by atoms with Crippen LogP contribution in [0.4, 0.5) is 0 Å². The number of aromatic nitrogens is 4. The molecule has 24 heavy (non-hydrogen) atoms. The highest BCUT2D eigenvalue weighted by Gasteiger charge is 2.13. The summed E-state index contributed by atoms with van der Waals surface area (Å²) in [6.07, 6.45) is 7.28. The Bertz CT molecular complexity index is 1320. The molecule has 5 heteroatoms. The van der Waals surface area contributed by atoms with Gasteiger partial charge in [0.05, 0.1) is 16.7 Å². The minimum atomic E-state index is -0.187. The summed E-state index contributed by atoms with van der Waals surface area (Å²) in [4.78, 5) is 23.9. The minimum Gasteiger partial charge on any atom is -0.317 e. The molecule has 0 fully saturated rings. The zero-order valence-corrected chi connectivity index (χ0v) is 12.6. The molecule has 0 radical (unpaired) electrons. The van der Waals surface area contributed by atoms with Gasteiger partial charge < -0.3 is 4.98 Å². The van der Waals surface area contributed by atoms with Gasteiger partial charge >= 0.3 is 0 Å². The van der Waals surface area contributed by atoms with Gasteiger partial charge in [-0.25, -0.2) is 4.98 Å². The van der Waals surface area contributed by atoms with Crippen LogP contribution in [0, 0.1) is 0 Å². The molecule has 3 heterocycles. The lowest BCUT2D eigenvalue weighted by Crippen LogP contribution is -2.13. The third-order valence-electron chi connectivity index (χ3n) is 4.28. The van der Waals surface area contributed by atoms with Gasteiger partial charge in [-0.2, -0.15) is 0 Å². The zero-order valence-electron chi connectivity index (χ0n) is 12.6. The molecule has 0 aliphatic heterocycles. The molecule has 0 atom stereocenters. The number of imidazole rings is 1. The second kappa shape index (κ2) is 4.76. The van der Waals surface area contributed by atoms with Crippen LogP contribution in [0.15, 0.2) is 65.8 Å². The molecule has 114 valence electrons. The van der Waals surface area contributed by atoms with Crippen LogP contribution in [0.1, 0.15) is 5.69 Å². The molecule has 3 aromatic heterocycles. The Labute approximate surface area is 135 Å². The van der Waals surface area contributed by atoms with Crippen molar-refractivity contribution in [1.29, 1.82) is 0 Å². The molecule has 0 spiro atoms. The van der Waals surface area contributed by atoms with Gasteiger partial charge in [0.15, 0.2) is 0 Å². The van der Waals surface area contributed by atoms with Crippen molar-refractivity contribution >= 4 is 33.5 Å². The second-order valence-corrected chi connectivity index (χ2v) is 5.66. The minimum absolute atomic E-state index is 0.187. The number of pyridine rings is 1. The summed E-state index contributed by atoms with van der Waals surface area (Å²) < 4.78 is 1.85. The third kappa shape index (κ3) is 1.72. The van der Waals surface area contributed by atoms with Crippen LogP contribution in [0.25, 0.3) is 33.5 Å². The Morgan fingerprint density at radius 2 is 1.79 bits per heavy atom. The van der Waals surface area contributed by atoms with E-state index in [-0.39, 0.29) is 5.56 Å². The van der Waals surface area contributed by atoms with Gasteiger partial charge in [-0.3, -0.25) is 14.2 Å². The van der Waals surface area contributed by atoms with Gasteiger partial charge in [-0.1, -0.05) is 30.3 Å². The van der Waals surface area contributed by atoms with Crippen LogP contribution < -0.4 is 10.8 Å². The van der Waals surface area contributed by atoms with Gasteiger partial charge in [0, 0.05) is 29.2 Å². The molecule has 0 saturated heterocycles. The average Bonchev–Trinajstić information content (AvgIpc) is 3.21. The fourth-order valence-electron chi connectivity index (χ4n) is 3.28. The maximum Gasteiger partial charge on any atom is 0.292 e. The van der Waals surface area contributed by atoms with Gasteiger partial charge in [0.2, 0.25) is 5.65 Å². The van der Waals surface area contributed by atoms with Crippen LogP contribution in [-0.2, 0) is 0 Å². The lowest BCUT2D eigenvalue weighted by Gasteiger charge is -1.97. The standard InChI is InChI=1S/C19H12N4O/c24-19-18-21-9-10-23(18)17-15(11-12-5-3-4-8-20-12)13-6-1-2-7-14(13)16(17)22-19/h1-11H,(H,22,24). The van der Waals surface area contributed by atoms with E-state index in [2.05, 4.69) is 21.0 Å². The van der Waals surface area contributed by atoms with E-state index in [1.807, 2.05) is 53.1 Å². The highest BCUT2D eigenvalue weighted by Crippen LogP contribution is 2.22. The van der Waals surface area contributed by atoms with E-state index < -0.39 is 0 Å². The molecule has 1 N–H and O–H groups in total. The summed E-state index contributed by atoms with van der Waals surface area (Å²) in [7, 11) is 0. The van der Waals surface area contributed by atoms with E-state index in [0.29, 0.717) is 5.65 Å². The number of nitrogens with zero attached hydrogens (tertiary/aromatic N) is 3. The normalized spacial score (nSPS) is 12.6. The SMILES string of the molecule is O=c1[nH]c2c3ccccc3c(=Cc3ccccn3)c2n2ccnc12. The van der Waals surface area contributed by atoms with Crippen molar-refractivity contribution in [2.75, 3.05) is 0 Å². The topological polar surface area (TPSA) is 63.0 Å². The Morgan fingerprint density at radius 3 is 2.62 bits per heavy atom. The van der Waals surface area contributed by atoms with Crippen LogP contribution in [0.3, 0.4) is 0 Å². The summed E-state index contributed by atoms with van der Waals surface area (Å²) in [5.74, 6) is 0. The number of hydrogen-bond acceptors (Lipinski definition) is 3. The molecule has 0 aliphatic rings. The Kier molecular flexibility index (Phi) is 2.58.